The van der Waals surface area contributed by atoms with Crippen molar-refractivity contribution in [3.8, 4) is 0 Å². The average Bonchev–Trinajstić information content (AvgIpc) is 2.45. The van der Waals surface area contributed by atoms with E-state index in [2.05, 4.69) is 15.6 Å². The number of carbonyl (C=O) groups excluding carboxylic acids is 1. The minimum absolute atomic E-state index is 0.0269. The molecule has 2 rings (SSSR count). The molecule has 1 atom stereocenters. The smallest absolute Gasteiger partial charge is 0.326 e. The SMILES string of the molecule is O=C1Cn2nncc2CC(C(=O)O)N1. The van der Waals surface area contributed by atoms with E-state index in [9.17, 15) is 9.59 Å². The molecule has 0 fully saturated rings. The highest BCUT2D eigenvalue weighted by Gasteiger charge is 2.26. The van der Waals surface area contributed by atoms with Crippen LogP contribution in [0.3, 0.4) is 0 Å². The predicted octanol–water partition coefficient (Wildman–Crippen LogP) is -1.60. The van der Waals surface area contributed by atoms with Crippen LogP contribution in [-0.2, 0) is 22.6 Å². The zero-order valence-electron chi connectivity index (χ0n) is 7.17. The summed E-state index contributed by atoms with van der Waals surface area (Å²) in [5.41, 5.74) is 0.649. The molecule has 0 saturated carbocycles. The van der Waals surface area contributed by atoms with Crippen LogP contribution in [0.15, 0.2) is 6.20 Å². The molecule has 1 aromatic rings. The van der Waals surface area contributed by atoms with E-state index >= 15 is 0 Å². The Balaban J connectivity index is 2.31. The zero-order valence-corrected chi connectivity index (χ0v) is 7.17. The summed E-state index contributed by atoms with van der Waals surface area (Å²) < 4.78 is 1.40. The molecule has 0 bridgehead atoms. The summed E-state index contributed by atoms with van der Waals surface area (Å²) in [5, 5.41) is 18.5. The number of nitrogens with one attached hydrogen (secondary N) is 1. The zero-order chi connectivity index (χ0) is 10.1. The molecule has 0 radical (unpaired) electrons. The first-order chi connectivity index (χ1) is 6.66. The molecular formula is C7H8N4O3. The maximum atomic E-state index is 11.2. The maximum Gasteiger partial charge on any atom is 0.326 e. The van der Waals surface area contributed by atoms with Gasteiger partial charge in [-0.15, -0.1) is 5.10 Å². The van der Waals surface area contributed by atoms with Gasteiger partial charge in [0.15, 0.2) is 0 Å². The molecule has 1 aromatic heterocycles. The molecule has 7 nitrogen and oxygen atoms in total. The third-order valence-electron chi connectivity index (χ3n) is 2.04. The molecule has 74 valence electrons. The highest BCUT2D eigenvalue weighted by molar-refractivity contribution is 5.84. The Morgan fingerprint density at radius 1 is 1.71 bits per heavy atom. The average molecular weight is 196 g/mol. The number of aliphatic carboxylic acids is 1. The number of rotatable bonds is 1. The second kappa shape index (κ2) is 3.09. The van der Waals surface area contributed by atoms with Crippen molar-refractivity contribution in [1.29, 1.82) is 0 Å². The number of nitrogens with zero attached hydrogens (tertiary/aromatic N) is 3. The van der Waals surface area contributed by atoms with Gasteiger partial charge in [0.2, 0.25) is 5.91 Å². The van der Waals surface area contributed by atoms with Crippen LogP contribution in [0.2, 0.25) is 0 Å². The number of hydrogen-bond acceptors (Lipinski definition) is 4. The Kier molecular flexibility index (Phi) is 1.91. The van der Waals surface area contributed by atoms with E-state index in [1.165, 1.54) is 10.9 Å². The van der Waals surface area contributed by atoms with Crippen molar-refractivity contribution in [1.82, 2.24) is 20.3 Å². The van der Waals surface area contributed by atoms with Crippen molar-refractivity contribution >= 4 is 11.9 Å². The van der Waals surface area contributed by atoms with Crippen molar-refractivity contribution in [2.45, 2.75) is 19.0 Å². The third-order valence-corrected chi connectivity index (χ3v) is 2.04. The first-order valence-corrected chi connectivity index (χ1v) is 4.06. The first-order valence-electron chi connectivity index (χ1n) is 4.06. The molecule has 1 aliphatic heterocycles. The summed E-state index contributed by atoms with van der Waals surface area (Å²) in [4.78, 5) is 21.9. The molecule has 1 amide bonds. The monoisotopic (exact) mass is 196 g/mol. The van der Waals surface area contributed by atoms with Gasteiger partial charge in [0.1, 0.15) is 12.6 Å². The molecule has 0 saturated heterocycles. The summed E-state index contributed by atoms with van der Waals surface area (Å²) in [7, 11) is 0. The molecule has 1 unspecified atom stereocenters. The molecule has 0 aliphatic carbocycles. The van der Waals surface area contributed by atoms with E-state index in [1.54, 1.807) is 0 Å². The Labute approximate surface area is 78.7 Å². The van der Waals surface area contributed by atoms with Gasteiger partial charge in [-0.05, 0) is 0 Å². The van der Waals surface area contributed by atoms with E-state index in [0.717, 1.165) is 0 Å². The molecule has 0 spiro atoms. The summed E-state index contributed by atoms with van der Waals surface area (Å²) in [6, 6.07) is -0.887. The van der Waals surface area contributed by atoms with Gasteiger partial charge in [-0.2, -0.15) is 0 Å². The number of amides is 1. The van der Waals surface area contributed by atoms with Gasteiger partial charge in [0, 0.05) is 6.42 Å². The van der Waals surface area contributed by atoms with Crippen LogP contribution < -0.4 is 5.32 Å². The fraction of sp³-hybridized carbons (Fsp3) is 0.429. The van der Waals surface area contributed by atoms with E-state index in [1.807, 2.05) is 0 Å². The number of carbonyl (C=O) groups is 2. The van der Waals surface area contributed by atoms with Gasteiger partial charge in [0.05, 0.1) is 11.9 Å². The fourth-order valence-corrected chi connectivity index (χ4v) is 1.36. The fourth-order valence-electron chi connectivity index (χ4n) is 1.36. The lowest BCUT2D eigenvalue weighted by Gasteiger charge is -2.08. The lowest BCUT2D eigenvalue weighted by Crippen LogP contribution is -2.41. The summed E-state index contributed by atoms with van der Waals surface area (Å²) in [5.74, 6) is -1.41. The van der Waals surface area contributed by atoms with Crippen molar-refractivity contribution in [2.75, 3.05) is 0 Å². The quantitative estimate of drug-likeness (QED) is 0.564. The van der Waals surface area contributed by atoms with Crippen LogP contribution in [0, 0.1) is 0 Å². The summed E-state index contributed by atoms with van der Waals surface area (Å²) in [6.07, 6.45) is 1.68. The molecule has 1 aliphatic rings. The van der Waals surface area contributed by atoms with Gasteiger partial charge in [0.25, 0.3) is 0 Å². The Morgan fingerprint density at radius 3 is 3.21 bits per heavy atom. The molecule has 14 heavy (non-hydrogen) atoms. The predicted molar refractivity (Wildman–Crippen MR) is 43.3 cm³/mol. The number of fused-ring (bicyclic) bond motifs is 1. The van der Waals surface area contributed by atoms with Crippen molar-refractivity contribution < 1.29 is 14.7 Å². The maximum absolute atomic E-state index is 11.2. The normalized spacial score (nSPS) is 20.9. The van der Waals surface area contributed by atoms with Crippen LogP contribution in [0.25, 0.3) is 0 Å². The van der Waals surface area contributed by atoms with E-state index in [4.69, 9.17) is 5.11 Å². The van der Waals surface area contributed by atoms with Crippen LogP contribution in [0.4, 0.5) is 0 Å². The highest BCUT2D eigenvalue weighted by atomic mass is 16.4. The lowest BCUT2D eigenvalue weighted by atomic mass is 10.2. The summed E-state index contributed by atoms with van der Waals surface area (Å²) in [6.45, 7) is 0.0269. The second-order valence-electron chi connectivity index (χ2n) is 3.05. The van der Waals surface area contributed by atoms with Gasteiger partial charge >= 0.3 is 5.97 Å². The number of aromatic nitrogens is 3. The first kappa shape index (κ1) is 8.67. The number of hydrogen-bond donors (Lipinski definition) is 2. The van der Waals surface area contributed by atoms with Crippen LogP contribution >= 0.6 is 0 Å². The molecule has 7 heteroatoms. The third kappa shape index (κ3) is 1.43. The van der Waals surface area contributed by atoms with Crippen LogP contribution in [-0.4, -0.2) is 38.0 Å². The van der Waals surface area contributed by atoms with Crippen molar-refractivity contribution in [2.24, 2.45) is 0 Å². The van der Waals surface area contributed by atoms with Gasteiger partial charge < -0.3 is 10.4 Å². The minimum atomic E-state index is -1.05. The lowest BCUT2D eigenvalue weighted by molar-refractivity contribution is -0.141. The largest absolute Gasteiger partial charge is 0.480 e. The van der Waals surface area contributed by atoms with Crippen LogP contribution in [0.1, 0.15) is 5.69 Å². The van der Waals surface area contributed by atoms with Gasteiger partial charge in [-0.25, -0.2) is 9.48 Å². The Morgan fingerprint density at radius 2 is 2.50 bits per heavy atom. The van der Waals surface area contributed by atoms with Crippen LogP contribution in [0.5, 0.6) is 0 Å². The standard InChI is InChI=1S/C7H8N4O3/c12-6-3-11-4(2-8-10-11)1-5(9-6)7(13)14/h2,5H,1,3H2,(H,9,12)(H,13,14). The van der Waals surface area contributed by atoms with Gasteiger partial charge in [-0.1, -0.05) is 5.21 Å². The van der Waals surface area contributed by atoms with Crippen molar-refractivity contribution in [3.05, 3.63) is 11.9 Å². The second-order valence-corrected chi connectivity index (χ2v) is 3.05. The number of carboxylic acid groups (broad SMARTS) is 1. The number of carboxylic acids is 1. The topological polar surface area (TPSA) is 97.1 Å². The van der Waals surface area contributed by atoms with Crippen molar-refractivity contribution in [3.63, 3.8) is 0 Å². The Hall–Kier alpha value is -1.92. The van der Waals surface area contributed by atoms with E-state index in [0.29, 0.717) is 5.69 Å². The molecular weight excluding hydrogens is 188 g/mol. The molecule has 0 aromatic carbocycles. The van der Waals surface area contributed by atoms with E-state index < -0.39 is 12.0 Å². The van der Waals surface area contributed by atoms with Gasteiger partial charge in [-0.3, -0.25) is 4.79 Å². The molecule has 2 N–H and O–H groups in total. The van der Waals surface area contributed by atoms with E-state index in [-0.39, 0.29) is 18.9 Å². The Bertz CT molecular complexity index is 386. The summed E-state index contributed by atoms with van der Waals surface area (Å²) >= 11 is 0. The highest BCUT2D eigenvalue weighted by Crippen LogP contribution is 2.05. The molecule has 2 heterocycles. The minimum Gasteiger partial charge on any atom is -0.480 e.